The molecule has 116 valence electrons. The van der Waals surface area contributed by atoms with Crippen LogP contribution in [-0.4, -0.2) is 32.1 Å². The van der Waals surface area contributed by atoms with Gasteiger partial charge in [0.2, 0.25) is 5.91 Å². The molecule has 0 saturated carbocycles. The van der Waals surface area contributed by atoms with Gasteiger partial charge in [-0.2, -0.15) is 0 Å². The zero-order chi connectivity index (χ0) is 15.8. The van der Waals surface area contributed by atoms with E-state index in [1.165, 1.54) is 7.11 Å². The Bertz CT molecular complexity index is 504. The zero-order valence-corrected chi connectivity index (χ0v) is 13.3. The number of anilines is 1. The van der Waals surface area contributed by atoms with Gasteiger partial charge in [-0.05, 0) is 30.5 Å². The number of methoxy groups -OCH3 is 1. The van der Waals surface area contributed by atoms with Gasteiger partial charge in [0.05, 0.1) is 10.7 Å². The molecule has 0 aliphatic carbocycles. The van der Waals surface area contributed by atoms with E-state index >= 15 is 0 Å². The van der Waals surface area contributed by atoms with Gasteiger partial charge in [-0.3, -0.25) is 9.59 Å². The number of rotatable bonds is 7. The molecule has 6 heteroatoms. The molecule has 0 aliphatic rings. The Balaban J connectivity index is 2.71. The first kappa shape index (κ1) is 17.5. The first-order valence-corrected chi connectivity index (χ1v) is 7.18. The summed E-state index contributed by atoms with van der Waals surface area (Å²) in [5.41, 5.74) is 0.853. The first-order chi connectivity index (χ1) is 9.93. The summed E-state index contributed by atoms with van der Waals surface area (Å²) in [7, 11) is 1.43. The number of amides is 2. The van der Waals surface area contributed by atoms with Crippen LogP contribution >= 0.6 is 11.6 Å². The third-order valence-electron chi connectivity index (χ3n) is 2.79. The highest BCUT2D eigenvalue weighted by atomic mass is 35.5. The number of halogens is 1. The summed E-state index contributed by atoms with van der Waals surface area (Å²) in [6, 6.07) is 4.76. The molecule has 0 fully saturated rings. The number of carbonyl (C=O) groups excluding carboxylic acids is 2. The van der Waals surface area contributed by atoms with Crippen molar-refractivity contribution in [1.82, 2.24) is 5.32 Å². The Morgan fingerprint density at radius 2 is 2.05 bits per heavy atom. The molecule has 0 aromatic heterocycles. The maximum Gasteiger partial charge on any atom is 0.251 e. The van der Waals surface area contributed by atoms with E-state index in [2.05, 4.69) is 24.5 Å². The van der Waals surface area contributed by atoms with Crippen molar-refractivity contribution in [3.63, 3.8) is 0 Å². The quantitative estimate of drug-likeness (QED) is 0.813. The molecule has 0 atom stereocenters. The van der Waals surface area contributed by atoms with E-state index < -0.39 is 0 Å². The highest BCUT2D eigenvalue weighted by molar-refractivity contribution is 6.33. The summed E-state index contributed by atoms with van der Waals surface area (Å²) in [6.45, 7) is 4.74. The average Bonchev–Trinajstić information content (AvgIpc) is 2.41. The minimum Gasteiger partial charge on any atom is -0.375 e. The van der Waals surface area contributed by atoms with Crippen LogP contribution in [0.15, 0.2) is 18.2 Å². The van der Waals surface area contributed by atoms with Crippen LogP contribution in [-0.2, 0) is 9.53 Å². The van der Waals surface area contributed by atoms with Crippen LogP contribution in [0.2, 0.25) is 5.02 Å². The molecular weight excluding hydrogens is 292 g/mol. The molecular formula is C15H21ClN2O3. The molecule has 21 heavy (non-hydrogen) atoms. The average molecular weight is 313 g/mol. The first-order valence-electron chi connectivity index (χ1n) is 6.80. The second-order valence-electron chi connectivity index (χ2n) is 5.11. The van der Waals surface area contributed by atoms with Crippen LogP contribution in [0.4, 0.5) is 5.69 Å². The largest absolute Gasteiger partial charge is 0.375 e. The topological polar surface area (TPSA) is 67.4 Å². The Hall–Kier alpha value is -1.59. The Morgan fingerprint density at radius 1 is 1.33 bits per heavy atom. The van der Waals surface area contributed by atoms with E-state index in [4.69, 9.17) is 16.3 Å². The molecule has 1 rings (SSSR count). The predicted molar refractivity (Wildman–Crippen MR) is 83.7 cm³/mol. The van der Waals surface area contributed by atoms with Crippen molar-refractivity contribution in [2.45, 2.75) is 20.3 Å². The minimum absolute atomic E-state index is 0.0683. The lowest BCUT2D eigenvalue weighted by atomic mass is 10.1. The van der Waals surface area contributed by atoms with E-state index in [1.54, 1.807) is 18.2 Å². The second kappa shape index (κ2) is 8.64. The van der Waals surface area contributed by atoms with Gasteiger partial charge < -0.3 is 15.4 Å². The van der Waals surface area contributed by atoms with Crippen molar-refractivity contribution in [3.05, 3.63) is 28.8 Å². The molecule has 0 unspecified atom stereocenters. The van der Waals surface area contributed by atoms with Gasteiger partial charge in [0.25, 0.3) is 5.91 Å². The maximum absolute atomic E-state index is 12.0. The third-order valence-corrected chi connectivity index (χ3v) is 3.11. The predicted octanol–water partition coefficient (Wildman–Crippen LogP) is 2.70. The fourth-order valence-corrected chi connectivity index (χ4v) is 1.82. The monoisotopic (exact) mass is 312 g/mol. The number of hydrogen-bond donors (Lipinski definition) is 2. The minimum atomic E-state index is -0.322. The van der Waals surface area contributed by atoms with E-state index in [0.29, 0.717) is 28.7 Å². The van der Waals surface area contributed by atoms with Crippen LogP contribution in [0, 0.1) is 5.92 Å². The Morgan fingerprint density at radius 3 is 2.67 bits per heavy atom. The molecule has 5 nitrogen and oxygen atoms in total. The summed E-state index contributed by atoms with van der Waals surface area (Å²) >= 11 is 6.00. The molecule has 2 N–H and O–H groups in total. The lowest BCUT2D eigenvalue weighted by molar-refractivity contribution is -0.119. The van der Waals surface area contributed by atoms with Crippen molar-refractivity contribution in [1.29, 1.82) is 0 Å². The molecule has 0 bridgehead atoms. The summed E-state index contributed by atoms with van der Waals surface area (Å²) in [4.78, 5) is 23.5. The highest BCUT2D eigenvalue weighted by Crippen LogP contribution is 2.23. The van der Waals surface area contributed by atoms with Gasteiger partial charge in [0.1, 0.15) is 6.61 Å². The molecule has 1 aromatic carbocycles. The number of carbonyl (C=O) groups is 2. The fraction of sp³-hybridized carbons (Fsp3) is 0.467. The van der Waals surface area contributed by atoms with Crippen molar-refractivity contribution in [2.75, 3.05) is 25.6 Å². The number of benzene rings is 1. The van der Waals surface area contributed by atoms with Crippen molar-refractivity contribution < 1.29 is 14.3 Å². The van der Waals surface area contributed by atoms with Gasteiger partial charge in [-0.25, -0.2) is 0 Å². The molecule has 0 aliphatic heterocycles. The van der Waals surface area contributed by atoms with Gasteiger partial charge in [0.15, 0.2) is 0 Å². The fourth-order valence-electron chi connectivity index (χ4n) is 1.66. The lowest BCUT2D eigenvalue weighted by Crippen LogP contribution is -2.25. The van der Waals surface area contributed by atoms with E-state index in [1.807, 2.05) is 0 Å². The van der Waals surface area contributed by atoms with E-state index in [0.717, 1.165) is 6.42 Å². The second-order valence-corrected chi connectivity index (χ2v) is 5.52. The Kier molecular flexibility index (Phi) is 7.19. The van der Waals surface area contributed by atoms with Gasteiger partial charge in [-0.1, -0.05) is 25.4 Å². The van der Waals surface area contributed by atoms with Gasteiger partial charge in [-0.15, -0.1) is 0 Å². The van der Waals surface area contributed by atoms with Crippen LogP contribution in [0.1, 0.15) is 30.6 Å². The number of hydrogen-bond acceptors (Lipinski definition) is 3. The molecule has 0 saturated heterocycles. The summed E-state index contributed by atoms with van der Waals surface area (Å²) in [5, 5.41) is 5.81. The smallest absolute Gasteiger partial charge is 0.251 e. The molecule has 0 spiro atoms. The summed E-state index contributed by atoms with van der Waals surface area (Å²) < 4.78 is 4.73. The molecule has 2 amide bonds. The van der Waals surface area contributed by atoms with Crippen LogP contribution < -0.4 is 10.6 Å². The van der Waals surface area contributed by atoms with Gasteiger partial charge in [0, 0.05) is 19.2 Å². The number of ether oxygens (including phenoxy) is 1. The van der Waals surface area contributed by atoms with Gasteiger partial charge >= 0.3 is 0 Å². The summed E-state index contributed by atoms with van der Waals surface area (Å²) in [6.07, 6.45) is 0.913. The molecule has 0 radical (unpaired) electrons. The lowest BCUT2D eigenvalue weighted by Gasteiger charge is -2.10. The zero-order valence-electron chi connectivity index (χ0n) is 12.5. The van der Waals surface area contributed by atoms with Crippen LogP contribution in [0.5, 0.6) is 0 Å². The van der Waals surface area contributed by atoms with Crippen molar-refractivity contribution >= 4 is 29.1 Å². The SMILES string of the molecule is COCC(=O)Nc1cc(C(=O)NCCC(C)C)ccc1Cl. The molecule has 0 heterocycles. The summed E-state index contributed by atoms with van der Waals surface area (Å²) in [5.74, 6) is 0.0192. The Labute approximate surface area is 130 Å². The third kappa shape index (κ3) is 6.14. The van der Waals surface area contributed by atoms with Crippen molar-refractivity contribution in [3.8, 4) is 0 Å². The van der Waals surface area contributed by atoms with Crippen LogP contribution in [0.3, 0.4) is 0 Å². The van der Waals surface area contributed by atoms with Crippen molar-refractivity contribution in [2.24, 2.45) is 5.92 Å². The number of nitrogens with one attached hydrogen (secondary N) is 2. The van der Waals surface area contributed by atoms with E-state index in [9.17, 15) is 9.59 Å². The maximum atomic E-state index is 12.0. The van der Waals surface area contributed by atoms with Crippen LogP contribution in [0.25, 0.3) is 0 Å². The highest BCUT2D eigenvalue weighted by Gasteiger charge is 2.11. The normalized spacial score (nSPS) is 10.5. The van der Waals surface area contributed by atoms with E-state index in [-0.39, 0.29) is 18.4 Å². The molecule has 1 aromatic rings. The standard InChI is InChI=1S/C15H21ClN2O3/c1-10(2)6-7-17-15(20)11-4-5-12(16)13(8-11)18-14(19)9-21-3/h4-5,8,10H,6-7,9H2,1-3H3,(H,17,20)(H,18,19).